The summed E-state index contributed by atoms with van der Waals surface area (Å²) in [5, 5.41) is 21.6. The van der Waals surface area contributed by atoms with E-state index in [0.29, 0.717) is 22.9 Å². The number of ether oxygens (including phenoxy) is 3. The second-order valence-corrected chi connectivity index (χ2v) is 15.1. The fourth-order valence-electron chi connectivity index (χ4n) is 6.66. The molecule has 0 bridgehead atoms. The molecule has 7 heteroatoms. The molecule has 0 aromatic rings. The third-order valence-electron chi connectivity index (χ3n) is 9.73. The Kier molecular flexibility index (Phi) is 31.2. The van der Waals surface area contributed by atoms with Crippen LogP contribution in [0.15, 0.2) is 0 Å². The summed E-state index contributed by atoms with van der Waals surface area (Å²) in [6, 6.07) is 0. The lowest BCUT2D eigenvalue weighted by molar-refractivity contribution is -0.0577. The summed E-state index contributed by atoms with van der Waals surface area (Å²) in [5.41, 5.74) is 0. The van der Waals surface area contributed by atoms with Crippen LogP contribution in [0, 0.1) is 0 Å². The zero-order valence-corrected chi connectivity index (χ0v) is 32.5. The van der Waals surface area contributed by atoms with E-state index in [2.05, 4.69) is 13.8 Å². The highest BCUT2D eigenvalue weighted by atomic mass is 32.1. The van der Waals surface area contributed by atoms with Gasteiger partial charge in [-0.3, -0.25) is 0 Å². The topological polar surface area (TPSA) is 68.2 Å². The van der Waals surface area contributed by atoms with Gasteiger partial charge in [0.05, 0.1) is 13.2 Å². The third kappa shape index (κ3) is 25.3. The van der Waals surface area contributed by atoms with Crippen LogP contribution >= 0.6 is 24.4 Å². The molecule has 1 fully saturated rings. The average Bonchev–Trinajstić information content (AvgIpc) is 3.42. The number of aliphatic hydroxyl groups is 2. The van der Waals surface area contributed by atoms with E-state index in [-0.39, 0.29) is 13.2 Å². The monoisotopic (exact) mass is 701 g/mol. The van der Waals surface area contributed by atoms with Crippen LogP contribution in [0.4, 0.5) is 0 Å². The van der Waals surface area contributed by atoms with Crippen LogP contribution in [0.5, 0.6) is 0 Å². The van der Waals surface area contributed by atoms with Gasteiger partial charge in [0.1, 0.15) is 12.2 Å². The number of hydrogen-bond acceptors (Lipinski definition) is 7. The molecular formula is C40H76O5S2. The van der Waals surface area contributed by atoms with Crippen LogP contribution in [-0.2, 0) is 14.2 Å². The highest BCUT2D eigenvalue weighted by Gasteiger charge is 2.44. The maximum atomic E-state index is 10.5. The van der Waals surface area contributed by atoms with Crippen molar-refractivity contribution in [1.29, 1.82) is 0 Å². The van der Waals surface area contributed by atoms with Crippen LogP contribution < -0.4 is 0 Å². The summed E-state index contributed by atoms with van der Waals surface area (Å²) in [4.78, 5) is 0. The molecule has 0 radical (unpaired) electrons. The number of rotatable bonds is 34. The van der Waals surface area contributed by atoms with Gasteiger partial charge < -0.3 is 24.4 Å². The highest BCUT2D eigenvalue weighted by Crippen LogP contribution is 2.25. The molecule has 1 heterocycles. The molecule has 2 N–H and O–H groups in total. The van der Waals surface area contributed by atoms with E-state index in [0.717, 1.165) is 25.7 Å². The largest absolute Gasteiger partial charge is 0.479 e. The Hall–Kier alpha value is -0.340. The predicted octanol–water partition coefficient (Wildman–Crippen LogP) is 11.9. The zero-order valence-electron chi connectivity index (χ0n) is 30.9. The highest BCUT2D eigenvalue weighted by molar-refractivity contribution is 7.80. The Bertz CT molecular complexity index is 721. The van der Waals surface area contributed by atoms with Crippen LogP contribution in [0.1, 0.15) is 206 Å². The van der Waals surface area contributed by atoms with Crippen LogP contribution in [0.2, 0.25) is 0 Å². The lowest BCUT2D eigenvalue weighted by Crippen LogP contribution is -2.45. The molecule has 0 aromatic heterocycles. The van der Waals surface area contributed by atoms with E-state index in [1.165, 1.54) is 154 Å². The summed E-state index contributed by atoms with van der Waals surface area (Å²) < 4.78 is 17.8. The summed E-state index contributed by atoms with van der Waals surface area (Å²) in [6.45, 7) is 4.44. The third-order valence-corrected chi connectivity index (χ3v) is 10.3. The van der Waals surface area contributed by atoms with Gasteiger partial charge in [0.15, 0.2) is 22.3 Å². The van der Waals surface area contributed by atoms with E-state index in [9.17, 15) is 10.2 Å². The molecule has 0 saturated carbocycles. The van der Waals surface area contributed by atoms with Gasteiger partial charge >= 0.3 is 0 Å². The smallest absolute Gasteiger partial charge is 0.160 e. The van der Waals surface area contributed by atoms with Gasteiger partial charge in [0.2, 0.25) is 0 Å². The van der Waals surface area contributed by atoms with Gasteiger partial charge in [-0.15, -0.1) is 0 Å². The molecule has 0 unspecified atom stereocenters. The van der Waals surface area contributed by atoms with Gasteiger partial charge in [-0.05, 0) is 37.3 Å². The zero-order chi connectivity index (χ0) is 34.2. The van der Waals surface area contributed by atoms with Gasteiger partial charge in [-0.1, -0.05) is 181 Å². The molecule has 1 aliphatic heterocycles. The Morgan fingerprint density at radius 3 is 1.28 bits per heavy atom. The Morgan fingerprint density at radius 2 is 0.915 bits per heavy atom. The first-order valence-electron chi connectivity index (χ1n) is 20.3. The normalized spacial score (nSPS) is 18.4. The molecule has 1 aliphatic rings. The Morgan fingerprint density at radius 1 is 0.574 bits per heavy atom. The maximum Gasteiger partial charge on any atom is 0.160 e. The van der Waals surface area contributed by atoms with E-state index >= 15 is 0 Å². The first kappa shape index (κ1) is 44.7. The van der Waals surface area contributed by atoms with Crippen molar-refractivity contribution in [2.45, 2.75) is 231 Å². The first-order chi connectivity index (χ1) is 23.0. The summed E-state index contributed by atoms with van der Waals surface area (Å²) in [5.74, 6) is 0. The van der Waals surface area contributed by atoms with Crippen molar-refractivity contribution >= 4 is 34.5 Å². The fourth-order valence-corrected chi connectivity index (χ4v) is 7.18. The van der Waals surface area contributed by atoms with Gasteiger partial charge in [-0.2, -0.15) is 0 Å². The van der Waals surface area contributed by atoms with Gasteiger partial charge in [0, 0.05) is 12.8 Å². The lowest BCUT2D eigenvalue weighted by Gasteiger charge is -2.28. The SMILES string of the molecule is CCCCCCCCCCCCCCCCC(=S)O[C@H]1[C@@H]([C@@H](CO)OC(=S)CCCCCCCCCCCCCCCC)OC[C@@H]1O. The molecule has 0 aliphatic carbocycles. The molecule has 4 atom stereocenters. The van der Waals surface area contributed by atoms with Crippen molar-refractivity contribution < 1.29 is 24.4 Å². The standard InChI is InChI=1S/C40H76O5S2/c1-3-5-7-9-11-13-15-17-19-21-23-25-27-29-31-37(46)44-36(33-41)40-39(35(42)34-43-40)45-38(47)32-30-28-26-24-22-20-18-16-14-12-10-8-6-4-2/h35-36,39-42H,3-34H2,1-2H3/t35-,36+,39+,40+/m0/s1. The van der Waals surface area contributed by atoms with Crippen molar-refractivity contribution in [3.05, 3.63) is 0 Å². The van der Waals surface area contributed by atoms with Crippen molar-refractivity contribution in [2.24, 2.45) is 0 Å². The van der Waals surface area contributed by atoms with Gasteiger partial charge in [0.25, 0.3) is 0 Å². The minimum Gasteiger partial charge on any atom is -0.479 e. The summed E-state index contributed by atoms with van der Waals surface area (Å²) in [7, 11) is 0. The lowest BCUT2D eigenvalue weighted by atomic mass is 10.0. The number of aliphatic hydroxyl groups excluding tert-OH is 2. The second-order valence-electron chi connectivity index (χ2n) is 14.2. The maximum absolute atomic E-state index is 10.5. The molecule has 0 spiro atoms. The summed E-state index contributed by atoms with van der Waals surface area (Å²) in [6.07, 6.45) is 35.6. The van der Waals surface area contributed by atoms with Crippen molar-refractivity contribution in [1.82, 2.24) is 0 Å². The molecule has 1 rings (SSSR count). The van der Waals surface area contributed by atoms with Crippen LogP contribution in [0.3, 0.4) is 0 Å². The van der Waals surface area contributed by atoms with Crippen molar-refractivity contribution in [2.75, 3.05) is 13.2 Å². The molecule has 0 aromatic carbocycles. The minimum atomic E-state index is -0.800. The Labute approximate surface area is 302 Å². The first-order valence-corrected chi connectivity index (χ1v) is 21.1. The minimum absolute atomic E-state index is 0.141. The Balaban J connectivity index is 2.10. The fraction of sp³-hybridized carbons (Fsp3) is 0.950. The number of hydrogen-bond donors (Lipinski definition) is 2. The molecule has 1 saturated heterocycles. The average molecular weight is 701 g/mol. The van der Waals surface area contributed by atoms with Crippen molar-refractivity contribution in [3.63, 3.8) is 0 Å². The number of unbranched alkanes of at least 4 members (excludes halogenated alkanes) is 26. The van der Waals surface area contributed by atoms with E-state index in [1.807, 2.05) is 0 Å². The molecule has 0 amide bonds. The molecule has 47 heavy (non-hydrogen) atoms. The van der Waals surface area contributed by atoms with E-state index in [1.54, 1.807) is 0 Å². The van der Waals surface area contributed by atoms with Crippen molar-refractivity contribution in [3.8, 4) is 0 Å². The number of thiocarbonyl (C=S) groups is 2. The van der Waals surface area contributed by atoms with Gasteiger partial charge in [-0.25, -0.2) is 0 Å². The quantitative estimate of drug-likeness (QED) is 0.0511. The second kappa shape index (κ2) is 32.8. The predicted molar refractivity (Wildman–Crippen MR) is 208 cm³/mol. The molecular weight excluding hydrogens is 625 g/mol. The van der Waals surface area contributed by atoms with E-state index in [4.69, 9.17) is 38.6 Å². The molecule has 278 valence electrons. The van der Waals surface area contributed by atoms with E-state index < -0.39 is 24.4 Å². The molecule has 5 nitrogen and oxygen atoms in total. The van der Waals surface area contributed by atoms with Crippen LogP contribution in [0.25, 0.3) is 0 Å². The van der Waals surface area contributed by atoms with Crippen LogP contribution in [-0.4, -0.2) is 57.9 Å². The summed E-state index contributed by atoms with van der Waals surface area (Å²) >= 11 is 11.0.